The minimum absolute atomic E-state index is 0.388. The summed E-state index contributed by atoms with van der Waals surface area (Å²) >= 11 is 0. The summed E-state index contributed by atoms with van der Waals surface area (Å²) in [5.41, 5.74) is 1.79. The quantitative estimate of drug-likeness (QED) is 0.544. The molecule has 3 rings (SSSR count). The fourth-order valence-corrected chi connectivity index (χ4v) is 1.39. The molecule has 2 heterocycles. The number of aromatic nitrogens is 2. The average Bonchev–Trinajstić information content (AvgIpc) is 2.59. The second-order valence-electron chi connectivity index (χ2n) is 2.87. The van der Waals surface area contributed by atoms with Crippen molar-refractivity contribution < 1.29 is 8.83 Å². The number of H-pyrrole nitrogens is 2. The SMILES string of the molecule is O=c1[nH]c2cc3oc(=O)[nH]c3cc2o1. The summed E-state index contributed by atoms with van der Waals surface area (Å²) < 4.78 is 9.62. The van der Waals surface area contributed by atoms with E-state index in [4.69, 9.17) is 8.83 Å². The number of fused-ring (bicyclic) bond motifs is 2. The van der Waals surface area contributed by atoms with Crippen LogP contribution < -0.4 is 11.5 Å². The van der Waals surface area contributed by atoms with Crippen LogP contribution in [0.25, 0.3) is 22.2 Å². The highest BCUT2D eigenvalue weighted by Crippen LogP contribution is 2.17. The summed E-state index contributed by atoms with van der Waals surface area (Å²) in [5, 5.41) is 0. The molecule has 2 N–H and O–H groups in total. The van der Waals surface area contributed by atoms with Gasteiger partial charge in [0.2, 0.25) is 0 Å². The van der Waals surface area contributed by atoms with Crippen LogP contribution in [0.15, 0.2) is 30.6 Å². The number of rotatable bonds is 0. The second kappa shape index (κ2) is 2.16. The van der Waals surface area contributed by atoms with Gasteiger partial charge in [-0.2, -0.15) is 0 Å². The van der Waals surface area contributed by atoms with Gasteiger partial charge < -0.3 is 8.83 Å². The molecule has 0 fully saturated rings. The fourth-order valence-electron chi connectivity index (χ4n) is 1.39. The standard InChI is InChI=1S/C8H4N2O4/c11-7-9-3-1-5-4(2-6(3)14-7)10-8(12)13-5/h1-2H,(H,9,11)(H,10,12). The number of hydrogen-bond acceptors (Lipinski definition) is 4. The van der Waals surface area contributed by atoms with Crippen LogP contribution in [-0.2, 0) is 0 Å². The minimum atomic E-state index is -0.532. The van der Waals surface area contributed by atoms with Gasteiger partial charge in [-0.05, 0) is 0 Å². The molecule has 0 aliphatic carbocycles. The first kappa shape index (κ1) is 7.19. The molecule has 0 saturated carbocycles. The Balaban J connectivity index is 2.61. The molecule has 0 atom stereocenters. The maximum Gasteiger partial charge on any atom is 0.417 e. The first-order valence-corrected chi connectivity index (χ1v) is 3.88. The van der Waals surface area contributed by atoms with E-state index < -0.39 is 11.5 Å². The lowest BCUT2D eigenvalue weighted by Crippen LogP contribution is -1.93. The summed E-state index contributed by atoms with van der Waals surface area (Å²) in [6.45, 7) is 0. The minimum Gasteiger partial charge on any atom is -0.408 e. The van der Waals surface area contributed by atoms with Gasteiger partial charge in [-0.1, -0.05) is 0 Å². The average molecular weight is 192 g/mol. The largest absolute Gasteiger partial charge is 0.417 e. The molecule has 14 heavy (non-hydrogen) atoms. The molecule has 2 aromatic heterocycles. The molecule has 0 amide bonds. The van der Waals surface area contributed by atoms with Gasteiger partial charge >= 0.3 is 11.5 Å². The Morgan fingerprint density at radius 1 is 0.857 bits per heavy atom. The highest BCUT2D eigenvalue weighted by atomic mass is 16.4. The van der Waals surface area contributed by atoms with Crippen molar-refractivity contribution in [1.29, 1.82) is 0 Å². The van der Waals surface area contributed by atoms with Crippen molar-refractivity contribution in [2.24, 2.45) is 0 Å². The van der Waals surface area contributed by atoms with Crippen LogP contribution >= 0.6 is 0 Å². The predicted octanol–water partition coefficient (Wildman–Crippen LogP) is 0.556. The molecule has 0 bridgehead atoms. The Kier molecular flexibility index (Phi) is 1.11. The van der Waals surface area contributed by atoms with E-state index in [9.17, 15) is 9.59 Å². The van der Waals surface area contributed by atoms with Crippen LogP contribution in [0.4, 0.5) is 0 Å². The first-order chi connectivity index (χ1) is 6.72. The first-order valence-electron chi connectivity index (χ1n) is 3.88. The summed E-state index contributed by atoms with van der Waals surface area (Å²) in [5.74, 6) is -1.06. The highest BCUT2D eigenvalue weighted by molar-refractivity contribution is 5.88. The summed E-state index contributed by atoms with van der Waals surface area (Å²) in [6, 6.07) is 3.07. The van der Waals surface area contributed by atoms with Crippen molar-refractivity contribution in [1.82, 2.24) is 9.97 Å². The van der Waals surface area contributed by atoms with Gasteiger partial charge in [-0.25, -0.2) is 9.59 Å². The molecule has 0 radical (unpaired) electrons. The molecular formula is C8H4N2O4. The van der Waals surface area contributed by atoms with Crippen LogP contribution in [0.5, 0.6) is 0 Å². The molecular weight excluding hydrogens is 188 g/mol. The molecule has 0 unspecified atom stereocenters. The van der Waals surface area contributed by atoms with E-state index in [0.717, 1.165) is 0 Å². The highest BCUT2D eigenvalue weighted by Gasteiger charge is 2.06. The molecule has 6 nitrogen and oxygen atoms in total. The lowest BCUT2D eigenvalue weighted by atomic mass is 10.3. The number of oxazole rings is 2. The Labute approximate surface area is 75.1 Å². The zero-order valence-corrected chi connectivity index (χ0v) is 6.79. The lowest BCUT2D eigenvalue weighted by molar-refractivity contribution is 0.554. The van der Waals surface area contributed by atoms with Crippen LogP contribution in [0.3, 0.4) is 0 Å². The summed E-state index contributed by atoms with van der Waals surface area (Å²) in [4.78, 5) is 26.6. The Hall–Kier alpha value is -2.24. The fraction of sp³-hybridized carbons (Fsp3) is 0. The van der Waals surface area contributed by atoms with E-state index in [2.05, 4.69) is 9.97 Å². The molecule has 0 saturated heterocycles. The van der Waals surface area contributed by atoms with Gasteiger partial charge in [0.05, 0.1) is 11.0 Å². The van der Waals surface area contributed by atoms with Gasteiger partial charge in [-0.15, -0.1) is 0 Å². The summed E-state index contributed by atoms with van der Waals surface area (Å²) in [7, 11) is 0. The van der Waals surface area contributed by atoms with Crippen molar-refractivity contribution in [2.75, 3.05) is 0 Å². The monoisotopic (exact) mass is 192 g/mol. The van der Waals surface area contributed by atoms with Gasteiger partial charge in [0, 0.05) is 12.1 Å². The third kappa shape index (κ3) is 0.846. The third-order valence-corrected chi connectivity index (χ3v) is 1.96. The van der Waals surface area contributed by atoms with Gasteiger partial charge in [0.25, 0.3) is 0 Å². The Morgan fingerprint density at radius 2 is 1.29 bits per heavy atom. The van der Waals surface area contributed by atoms with E-state index in [1.807, 2.05) is 0 Å². The van der Waals surface area contributed by atoms with Crippen molar-refractivity contribution in [3.05, 3.63) is 33.2 Å². The smallest absolute Gasteiger partial charge is 0.408 e. The van der Waals surface area contributed by atoms with Crippen LogP contribution in [0.2, 0.25) is 0 Å². The predicted molar refractivity (Wildman–Crippen MR) is 47.2 cm³/mol. The Morgan fingerprint density at radius 3 is 1.71 bits per heavy atom. The van der Waals surface area contributed by atoms with E-state index in [1.54, 1.807) is 0 Å². The maximum atomic E-state index is 10.8. The molecule has 0 spiro atoms. The van der Waals surface area contributed by atoms with Crippen molar-refractivity contribution in [2.45, 2.75) is 0 Å². The number of nitrogens with one attached hydrogen (secondary N) is 2. The zero-order chi connectivity index (χ0) is 9.71. The van der Waals surface area contributed by atoms with Crippen LogP contribution in [0.1, 0.15) is 0 Å². The van der Waals surface area contributed by atoms with E-state index in [1.165, 1.54) is 12.1 Å². The maximum absolute atomic E-state index is 10.8. The van der Waals surface area contributed by atoms with Gasteiger partial charge in [0.1, 0.15) is 0 Å². The van der Waals surface area contributed by atoms with E-state index in [-0.39, 0.29) is 0 Å². The molecule has 1 aromatic carbocycles. The van der Waals surface area contributed by atoms with Crippen molar-refractivity contribution in [3.8, 4) is 0 Å². The number of aromatic amines is 2. The molecule has 70 valence electrons. The lowest BCUT2D eigenvalue weighted by Gasteiger charge is -1.85. The topological polar surface area (TPSA) is 92.0 Å². The van der Waals surface area contributed by atoms with Crippen molar-refractivity contribution in [3.63, 3.8) is 0 Å². The molecule has 0 aliphatic heterocycles. The van der Waals surface area contributed by atoms with Crippen LogP contribution in [-0.4, -0.2) is 9.97 Å². The van der Waals surface area contributed by atoms with E-state index >= 15 is 0 Å². The normalized spacial score (nSPS) is 11.4. The summed E-state index contributed by atoms with van der Waals surface area (Å²) in [6.07, 6.45) is 0. The molecule has 0 aliphatic rings. The van der Waals surface area contributed by atoms with Crippen molar-refractivity contribution >= 4 is 22.2 Å². The third-order valence-electron chi connectivity index (χ3n) is 1.96. The second-order valence-corrected chi connectivity index (χ2v) is 2.87. The zero-order valence-electron chi connectivity index (χ0n) is 6.79. The molecule has 3 aromatic rings. The number of benzene rings is 1. The van der Waals surface area contributed by atoms with Gasteiger partial charge in [0.15, 0.2) is 11.2 Å². The number of hydrogen-bond donors (Lipinski definition) is 2. The van der Waals surface area contributed by atoms with Crippen LogP contribution in [0, 0.1) is 0 Å². The van der Waals surface area contributed by atoms with Gasteiger partial charge in [-0.3, -0.25) is 9.97 Å². The van der Waals surface area contributed by atoms with E-state index in [0.29, 0.717) is 22.2 Å². The molecule has 6 heteroatoms. The Bertz CT molecular complexity index is 610.